The molecule has 0 atom stereocenters. The predicted molar refractivity (Wildman–Crippen MR) is 92.0 cm³/mol. The predicted octanol–water partition coefficient (Wildman–Crippen LogP) is 1.70. The quantitative estimate of drug-likeness (QED) is 0.857. The van der Waals surface area contributed by atoms with Gasteiger partial charge in [-0.3, -0.25) is 0 Å². The van der Waals surface area contributed by atoms with Gasteiger partial charge in [0, 0.05) is 51.1 Å². The monoisotopic (exact) mass is 338 g/mol. The Morgan fingerprint density at radius 2 is 2.04 bits per heavy atom. The summed E-state index contributed by atoms with van der Waals surface area (Å²) in [6, 6.07) is 0.0105. The fourth-order valence-corrected chi connectivity index (χ4v) is 4.11. The average molecular weight is 338 g/mol. The number of anilines is 1. The first kappa shape index (κ1) is 16.5. The molecule has 2 fully saturated rings. The van der Waals surface area contributed by atoms with Crippen molar-refractivity contribution in [1.82, 2.24) is 15.2 Å². The van der Waals surface area contributed by atoms with Gasteiger partial charge in [-0.1, -0.05) is 0 Å². The lowest BCUT2D eigenvalue weighted by Gasteiger charge is -2.31. The molecule has 2 saturated heterocycles. The number of amides is 2. The first-order valence-corrected chi connectivity index (χ1v) is 9.47. The van der Waals surface area contributed by atoms with Crippen molar-refractivity contribution < 1.29 is 9.90 Å². The highest BCUT2D eigenvalue weighted by Gasteiger charge is 2.22. The number of aliphatic hydroxyl groups excluding tert-OH is 1. The topological polar surface area (TPSA) is 68.7 Å². The molecule has 0 radical (unpaired) electrons. The summed E-state index contributed by atoms with van der Waals surface area (Å²) < 4.78 is 0. The molecule has 1 aromatic rings. The number of likely N-dealkylation sites (tertiary alicyclic amines) is 1. The molecule has 2 aliphatic heterocycles. The normalized spacial score (nSPS) is 19.3. The van der Waals surface area contributed by atoms with Crippen LogP contribution in [0.2, 0.25) is 0 Å². The van der Waals surface area contributed by atoms with Crippen molar-refractivity contribution in [2.45, 2.75) is 32.1 Å². The van der Waals surface area contributed by atoms with E-state index in [0.29, 0.717) is 12.5 Å². The van der Waals surface area contributed by atoms with E-state index in [9.17, 15) is 4.79 Å². The van der Waals surface area contributed by atoms with Crippen LogP contribution in [0.4, 0.5) is 9.93 Å². The highest BCUT2D eigenvalue weighted by Crippen LogP contribution is 2.24. The van der Waals surface area contributed by atoms with Gasteiger partial charge in [-0.2, -0.15) is 0 Å². The first-order valence-electron chi connectivity index (χ1n) is 8.59. The number of nitrogens with one attached hydrogen (secondary N) is 1. The van der Waals surface area contributed by atoms with Crippen LogP contribution in [0.25, 0.3) is 0 Å². The Labute approximate surface area is 141 Å². The van der Waals surface area contributed by atoms with Crippen LogP contribution in [0.15, 0.2) is 5.38 Å². The van der Waals surface area contributed by atoms with Gasteiger partial charge in [-0.25, -0.2) is 9.78 Å². The Balaban J connectivity index is 1.38. The van der Waals surface area contributed by atoms with Gasteiger partial charge < -0.3 is 20.2 Å². The molecule has 1 aromatic heterocycles. The number of carbonyl (C=O) groups is 1. The van der Waals surface area contributed by atoms with Crippen LogP contribution in [0.3, 0.4) is 0 Å². The fourth-order valence-electron chi connectivity index (χ4n) is 3.19. The van der Waals surface area contributed by atoms with Crippen LogP contribution in [-0.2, 0) is 6.42 Å². The van der Waals surface area contributed by atoms with E-state index in [1.54, 1.807) is 11.3 Å². The molecule has 6 nitrogen and oxygen atoms in total. The van der Waals surface area contributed by atoms with E-state index in [4.69, 9.17) is 5.11 Å². The van der Waals surface area contributed by atoms with E-state index < -0.39 is 0 Å². The minimum atomic E-state index is 0.0105. The van der Waals surface area contributed by atoms with Gasteiger partial charge in [0.1, 0.15) is 0 Å². The summed E-state index contributed by atoms with van der Waals surface area (Å²) in [6.07, 6.45) is 5.10. The summed E-state index contributed by atoms with van der Waals surface area (Å²) in [4.78, 5) is 21.0. The summed E-state index contributed by atoms with van der Waals surface area (Å²) in [7, 11) is 0. The highest BCUT2D eigenvalue weighted by atomic mass is 32.1. The number of hydrogen-bond acceptors (Lipinski definition) is 5. The van der Waals surface area contributed by atoms with Crippen LogP contribution in [0, 0.1) is 5.92 Å². The highest BCUT2D eigenvalue weighted by molar-refractivity contribution is 7.13. The van der Waals surface area contributed by atoms with E-state index >= 15 is 0 Å². The van der Waals surface area contributed by atoms with Gasteiger partial charge in [-0.05, 0) is 31.6 Å². The van der Waals surface area contributed by atoms with Crippen molar-refractivity contribution in [3.8, 4) is 0 Å². The molecule has 0 saturated carbocycles. The smallest absolute Gasteiger partial charge is 0.317 e. The standard InChI is InChI=1S/C16H26N4O2S/c21-11-13-4-9-19(10-5-13)15(22)17-6-3-14-12-23-16(18-14)20-7-1-2-8-20/h12-13,21H,1-11H2,(H,17,22). The molecule has 0 spiro atoms. The Morgan fingerprint density at radius 1 is 1.30 bits per heavy atom. The maximum atomic E-state index is 12.1. The lowest BCUT2D eigenvalue weighted by molar-refractivity contribution is 0.137. The van der Waals surface area contributed by atoms with Crippen molar-refractivity contribution in [3.63, 3.8) is 0 Å². The summed E-state index contributed by atoms with van der Waals surface area (Å²) >= 11 is 1.70. The maximum Gasteiger partial charge on any atom is 0.317 e. The second-order valence-corrected chi connectivity index (χ2v) is 7.25. The van der Waals surface area contributed by atoms with Crippen LogP contribution < -0.4 is 10.2 Å². The van der Waals surface area contributed by atoms with Gasteiger partial charge in [-0.15, -0.1) is 11.3 Å². The van der Waals surface area contributed by atoms with E-state index in [1.165, 1.54) is 12.8 Å². The number of urea groups is 1. The third-order valence-electron chi connectivity index (χ3n) is 4.73. The molecule has 2 aliphatic rings. The molecule has 0 unspecified atom stereocenters. The lowest BCUT2D eigenvalue weighted by Crippen LogP contribution is -2.45. The largest absolute Gasteiger partial charge is 0.396 e. The molecule has 2 amide bonds. The summed E-state index contributed by atoms with van der Waals surface area (Å²) in [5.41, 5.74) is 1.07. The van der Waals surface area contributed by atoms with E-state index in [1.807, 2.05) is 4.90 Å². The Kier molecular flexibility index (Phi) is 5.72. The zero-order valence-corrected chi connectivity index (χ0v) is 14.4. The van der Waals surface area contributed by atoms with Crippen molar-refractivity contribution in [1.29, 1.82) is 0 Å². The van der Waals surface area contributed by atoms with Crippen LogP contribution in [0.5, 0.6) is 0 Å². The first-order chi connectivity index (χ1) is 11.3. The molecule has 2 N–H and O–H groups in total. The minimum absolute atomic E-state index is 0.0105. The van der Waals surface area contributed by atoms with E-state index in [2.05, 4.69) is 20.6 Å². The Hall–Kier alpha value is -1.34. The lowest BCUT2D eigenvalue weighted by atomic mass is 9.98. The van der Waals surface area contributed by atoms with Gasteiger partial charge in [0.15, 0.2) is 5.13 Å². The van der Waals surface area contributed by atoms with Crippen molar-refractivity contribution in [2.24, 2.45) is 5.92 Å². The summed E-state index contributed by atoms with van der Waals surface area (Å²) in [5.74, 6) is 0.359. The number of thiazole rings is 1. The summed E-state index contributed by atoms with van der Waals surface area (Å²) in [6.45, 7) is 4.58. The second-order valence-electron chi connectivity index (χ2n) is 6.41. The van der Waals surface area contributed by atoms with Crippen LogP contribution in [-0.4, -0.2) is 60.4 Å². The molecule has 3 rings (SSSR count). The molecule has 0 aromatic carbocycles. The molecular formula is C16H26N4O2S. The number of aliphatic hydroxyl groups is 1. The van der Waals surface area contributed by atoms with Crippen molar-refractivity contribution in [2.75, 3.05) is 44.2 Å². The number of piperidine rings is 1. The zero-order valence-electron chi connectivity index (χ0n) is 13.5. The number of hydrogen-bond donors (Lipinski definition) is 2. The second kappa shape index (κ2) is 7.97. The van der Waals surface area contributed by atoms with Crippen LogP contribution >= 0.6 is 11.3 Å². The maximum absolute atomic E-state index is 12.1. The van der Waals surface area contributed by atoms with Gasteiger partial charge in [0.25, 0.3) is 0 Å². The summed E-state index contributed by atoms with van der Waals surface area (Å²) in [5, 5.41) is 15.3. The van der Waals surface area contributed by atoms with Crippen molar-refractivity contribution in [3.05, 3.63) is 11.1 Å². The van der Waals surface area contributed by atoms with Crippen molar-refractivity contribution >= 4 is 22.5 Å². The molecule has 128 valence electrons. The SMILES string of the molecule is O=C(NCCc1csc(N2CCCC2)n1)N1CCC(CO)CC1. The number of carbonyl (C=O) groups excluding carboxylic acids is 1. The van der Waals surface area contributed by atoms with E-state index in [-0.39, 0.29) is 12.6 Å². The number of nitrogens with zero attached hydrogens (tertiary/aromatic N) is 3. The third-order valence-corrected chi connectivity index (χ3v) is 5.68. The Morgan fingerprint density at radius 3 is 2.74 bits per heavy atom. The third kappa shape index (κ3) is 4.35. The van der Waals surface area contributed by atoms with Gasteiger partial charge in [0.2, 0.25) is 0 Å². The molecule has 7 heteroatoms. The molecule has 23 heavy (non-hydrogen) atoms. The van der Waals surface area contributed by atoms with E-state index in [0.717, 1.165) is 56.3 Å². The molecule has 0 aliphatic carbocycles. The molecular weight excluding hydrogens is 312 g/mol. The molecule has 3 heterocycles. The average Bonchev–Trinajstić information content (AvgIpc) is 3.26. The van der Waals surface area contributed by atoms with Gasteiger partial charge in [0.05, 0.1) is 5.69 Å². The number of aromatic nitrogens is 1. The number of rotatable bonds is 5. The zero-order chi connectivity index (χ0) is 16.1. The van der Waals surface area contributed by atoms with Gasteiger partial charge >= 0.3 is 6.03 Å². The Bertz CT molecular complexity index is 508. The molecule has 0 bridgehead atoms. The minimum Gasteiger partial charge on any atom is -0.396 e. The van der Waals surface area contributed by atoms with Crippen LogP contribution in [0.1, 0.15) is 31.4 Å². The fraction of sp³-hybridized carbons (Fsp3) is 0.750.